The van der Waals surface area contributed by atoms with Crippen molar-refractivity contribution in [3.05, 3.63) is 94.8 Å². The maximum atomic E-state index is 14.1. The molecule has 41 heavy (non-hydrogen) atoms. The Balaban J connectivity index is 1.32. The summed E-state index contributed by atoms with van der Waals surface area (Å²) in [6.07, 6.45) is 8.23. The molecular formula is C32H35N7O2. The van der Waals surface area contributed by atoms with Crippen LogP contribution in [0.2, 0.25) is 0 Å². The lowest BCUT2D eigenvalue weighted by atomic mass is 9.90. The second-order valence-corrected chi connectivity index (χ2v) is 11.0. The van der Waals surface area contributed by atoms with Crippen LogP contribution >= 0.6 is 0 Å². The van der Waals surface area contributed by atoms with Crippen molar-refractivity contribution < 1.29 is 9.53 Å². The fourth-order valence-electron chi connectivity index (χ4n) is 5.80. The van der Waals surface area contributed by atoms with Gasteiger partial charge >= 0.3 is 6.03 Å². The van der Waals surface area contributed by atoms with Crippen molar-refractivity contribution in [1.82, 2.24) is 24.8 Å². The monoisotopic (exact) mass is 549 g/mol. The zero-order chi connectivity index (χ0) is 28.5. The largest absolute Gasteiger partial charge is 0.495 e. The lowest BCUT2D eigenvalue weighted by Gasteiger charge is -2.36. The Bertz CT molecular complexity index is 1530. The molecule has 5 heterocycles. The summed E-state index contributed by atoms with van der Waals surface area (Å²) >= 11 is 0. The third-order valence-corrected chi connectivity index (χ3v) is 8.13. The maximum Gasteiger partial charge on any atom is 0.336 e. The molecule has 0 bridgehead atoms. The number of benzene rings is 1. The number of anilines is 3. The van der Waals surface area contributed by atoms with Crippen LogP contribution in [0.1, 0.15) is 52.5 Å². The van der Waals surface area contributed by atoms with Gasteiger partial charge in [0.25, 0.3) is 0 Å². The molecule has 9 nitrogen and oxygen atoms in total. The predicted octanol–water partition coefficient (Wildman–Crippen LogP) is 5.57. The number of methoxy groups -OCH3 is 1. The third kappa shape index (κ3) is 5.37. The number of nitrogens with zero attached hydrogens (tertiary/aromatic N) is 7. The summed E-state index contributed by atoms with van der Waals surface area (Å²) in [7, 11) is 3.77. The van der Waals surface area contributed by atoms with Gasteiger partial charge in [0.05, 0.1) is 32.0 Å². The maximum absolute atomic E-state index is 14.1. The first-order chi connectivity index (χ1) is 19.9. The number of likely N-dealkylation sites (tertiary alicyclic amines) is 1. The van der Waals surface area contributed by atoms with Crippen molar-refractivity contribution in [3.63, 3.8) is 0 Å². The molecule has 210 valence electrons. The number of carbonyl (C=O) groups excluding carboxylic acids is 1. The minimum absolute atomic E-state index is 0.210. The van der Waals surface area contributed by atoms with Gasteiger partial charge in [0.2, 0.25) is 0 Å². The first-order valence-corrected chi connectivity index (χ1v) is 14.1. The number of hydrogen-bond donors (Lipinski definition) is 0. The lowest BCUT2D eigenvalue weighted by molar-refractivity contribution is 0.252. The zero-order valence-electron chi connectivity index (χ0n) is 24.0. The van der Waals surface area contributed by atoms with E-state index in [2.05, 4.69) is 29.1 Å². The van der Waals surface area contributed by atoms with E-state index in [0.29, 0.717) is 42.1 Å². The van der Waals surface area contributed by atoms with Gasteiger partial charge < -0.3 is 9.64 Å². The number of rotatable bonds is 6. The molecule has 0 atom stereocenters. The van der Waals surface area contributed by atoms with Crippen LogP contribution < -0.4 is 14.5 Å². The highest BCUT2D eigenvalue weighted by Gasteiger charge is 2.36. The first kappa shape index (κ1) is 26.8. The number of para-hydroxylation sites is 1. The number of carbonyl (C=O) groups is 1. The van der Waals surface area contributed by atoms with E-state index in [1.165, 1.54) is 5.56 Å². The van der Waals surface area contributed by atoms with Gasteiger partial charge in [0.15, 0.2) is 5.82 Å². The summed E-state index contributed by atoms with van der Waals surface area (Å²) < 4.78 is 5.30. The Labute approximate surface area is 240 Å². The molecule has 6 rings (SSSR count). The Kier molecular flexibility index (Phi) is 7.36. The van der Waals surface area contributed by atoms with Crippen molar-refractivity contribution in [2.75, 3.05) is 37.0 Å². The zero-order valence-corrected chi connectivity index (χ0v) is 24.0. The van der Waals surface area contributed by atoms with E-state index in [-0.39, 0.29) is 6.03 Å². The molecule has 0 saturated carbocycles. The number of ether oxygens (including phenoxy) is 1. The van der Waals surface area contributed by atoms with Gasteiger partial charge in [0.1, 0.15) is 17.4 Å². The van der Waals surface area contributed by atoms with Crippen LogP contribution in [-0.2, 0) is 13.0 Å². The number of fused-ring (bicyclic) bond motifs is 1. The summed E-state index contributed by atoms with van der Waals surface area (Å²) in [5, 5.41) is 0. The molecule has 2 aliphatic rings. The molecule has 2 amide bonds. The number of piperidine rings is 1. The minimum atomic E-state index is -0.210. The number of aromatic nitrogens is 4. The number of hydrogen-bond acceptors (Lipinski definition) is 7. The molecule has 0 unspecified atom stereocenters. The van der Waals surface area contributed by atoms with Gasteiger partial charge in [-0.25, -0.2) is 24.6 Å². The number of pyridine rings is 2. The molecular weight excluding hydrogens is 514 g/mol. The molecule has 2 aliphatic heterocycles. The van der Waals surface area contributed by atoms with E-state index in [1.807, 2.05) is 44.4 Å². The Morgan fingerprint density at radius 2 is 1.71 bits per heavy atom. The van der Waals surface area contributed by atoms with Crippen LogP contribution in [0, 0.1) is 13.8 Å². The fraction of sp³-hybridized carbons (Fsp3) is 0.344. The molecule has 0 aliphatic carbocycles. The fourth-order valence-corrected chi connectivity index (χ4v) is 5.80. The van der Waals surface area contributed by atoms with E-state index in [1.54, 1.807) is 35.2 Å². The lowest BCUT2D eigenvalue weighted by Crippen LogP contribution is -2.46. The van der Waals surface area contributed by atoms with E-state index in [4.69, 9.17) is 19.7 Å². The van der Waals surface area contributed by atoms with Crippen molar-refractivity contribution >= 4 is 23.4 Å². The minimum Gasteiger partial charge on any atom is -0.495 e. The summed E-state index contributed by atoms with van der Waals surface area (Å²) in [4.78, 5) is 38.8. The van der Waals surface area contributed by atoms with Gasteiger partial charge in [-0.15, -0.1) is 0 Å². The second kappa shape index (κ2) is 11.2. The summed E-state index contributed by atoms with van der Waals surface area (Å²) in [6, 6.07) is 13.7. The van der Waals surface area contributed by atoms with Crippen molar-refractivity contribution in [2.45, 2.75) is 45.6 Å². The smallest absolute Gasteiger partial charge is 0.336 e. The van der Waals surface area contributed by atoms with Gasteiger partial charge in [-0.1, -0.05) is 24.3 Å². The average molecular weight is 550 g/mol. The summed E-state index contributed by atoms with van der Waals surface area (Å²) in [6.45, 7) is 6.65. The van der Waals surface area contributed by atoms with Crippen LogP contribution in [0.25, 0.3) is 0 Å². The average Bonchev–Trinajstić information content (AvgIpc) is 2.98. The molecule has 0 N–H and O–H groups in total. The van der Waals surface area contributed by atoms with E-state index in [9.17, 15) is 4.79 Å². The summed E-state index contributed by atoms with van der Waals surface area (Å²) in [5.41, 5.74) is 5.98. The summed E-state index contributed by atoms with van der Waals surface area (Å²) in [5.74, 6) is 2.80. The van der Waals surface area contributed by atoms with Gasteiger partial charge in [-0.2, -0.15) is 0 Å². The van der Waals surface area contributed by atoms with Crippen LogP contribution in [0.15, 0.2) is 61.1 Å². The highest BCUT2D eigenvalue weighted by atomic mass is 16.5. The Morgan fingerprint density at radius 3 is 2.37 bits per heavy atom. The molecule has 9 heteroatoms. The standard InChI is InChI=1S/C32H35N7O2/c1-21-6-5-7-22(2)30(21)38-20-25-18-34-28(16-26-9-8-24(17-33-26)23-12-14-37(3)15-13-23)36-31(25)39(32(38)40)29-11-10-27(41-4)19-35-29/h5-11,17-19,23H,12-16,20H2,1-4H3. The topological polar surface area (TPSA) is 87.6 Å². The van der Waals surface area contributed by atoms with Gasteiger partial charge in [-0.3, -0.25) is 9.88 Å². The number of amides is 2. The van der Waals surface area contributed by atoms with Gasteiger partial charge in [-0.05, 0) is 87.6 Å². The Morgan fingerprint density at radius 1 is 0.927 bits per heavy atom. The van der Waals surface area contributed by atoms with E-state index < -0.39 is 0 Å². The molecule has 0 spiro atoms. The number of aryl methyl sites for hydroxylation is 2. The molecule has 4 aromatic rings. The van der Waals surface area contributed by atoms with Crippen LogP contribution in [0.5, 0.6) is 5.75 Å². The van der Waals surface area contributed by atoms with Crippen LogP contribution in [0.3, 0.4) is 0 Å². The van der Waals surface area contributed by atoms with Gasteiger partial charge in [0, 0.05) is 23.7 Å². The first-order valence-electron chi connectivity index (χ1n) is 14.1. The molecule has 1 fully saturated rings. The highest BCUT2D eigenvalue weighted by molar-refractivity contribution is 6.10. The molecule has 1 saturated heterocycles. The Hall–Kier alpha value is -4.37. The number of urea groups is 1. The van der Waals surface area contributed by atoms with E-state index >= 15 is 0 Å². The second-order valence-electron chi connectivity index (χ2n) is 11.0. The van der Waals surface area contributed by atoms with Crippen LogP contribution in [-0.4, -0.2) is 58.1 Å². The van der Waals surface area contributed by atoms with Crippen molar-refractivity contribution in [1.29, 1.82) is 0 Å². The third-order valence-electron chi connectivity index (χ3n) is 8.13. The quantitative estimate of drug-likeness (QED) is 0.311. The van der Waals surface area contributed by atoms with Crippen LogP contribution in [0.4, 0.5) is 22.1 Å². The van der Waals surface area contributed by atoms with Crippen molar-refractivity contribution in [3.8, 4) is 5.75 Å². The molecule has 0 radical (unpaired) electrons. The molecule has 1 aromatic carbocycles. The normalized spacial score (nSPS) is 16.1. The SMILES string of the molecule is COc1ccc(N2C(=O)N(c3c(C)cccc3C)Cc3cnc(Cc4ccc(C5CCN(C)CC5)cn4)nc32)nc1. The van der Waals surface area contributed by atoms with Crippen molar-refractivity contribution in [2.24, 2.45) is 0 Å². The van der Waals surface area contributed by atoms with E-state index in [0.717, 1.165) is 54.0 Å². The highest BCUT2D eigenvalue weighted by Crippen LogP contribution is 2.37. The predicted molar refractivity (Wildman–Crippen MR) is 159 cm³/mol. The molecule has 3 aromatic heterocycles.